The predicted molar refractivity (Wildman–Crippen MR) is 79.1 cm³/mol. The molecule has 6 heteroatoms. The van der Waals surface area contributed by atoms with Gasteiger partial charge >= 0.3 is 0 Å². The number of benzene rings is 1. The number of aromatic nitrogens is 1. The molecule has 1 heterocycles. The van der Waals surface area contributed by atoms with Gasteiger partial charge in [-0.05, 0) is 24.6 Å². The van der Waals surface area contributed by atoms with E-state index in [0.29, 0.717) is 5.56 Å². The highest BCUT2D eigenvalue weighted by atomic mass is 79.9. The largest absolute Gasteiger partial charge is 0.287 e. The highest BCUT2D eigenvalue weighted by Crippen LogP contribution is 2.12. The van der Waals surface area contributed by atoms with Gasteiger partial charge in [0.1, 0.15) is 0 Å². The fraction of sp³-hybridized carbons (Fsp3) is 0.143. The van der Waals surface area contributed by atoms with E-state index < -0.39 is 4.92 Å². The highest BCUT2D eigenvalue weighted by Gasteiger charge is 2.13. The van der Waals surface area contributed by atoms with Crippen molar-refractivity contribution in [3.63, 3.8) is 0 Å². The molecule has 1 aromatic carbocycles. The van der Waals surface area contributed by atoms with Crippen molar-refractivity contribution in [2.75, 3.05) is 0 Å². The number of nitrogens with zero attached hydrogens (tertiary/aromatic N) is 2. The molecule has 0 bridgehead atoms. The fourth-order valence-electron chi connectivity index (χ4n) is 1.66. The van der Waals surface area contributed by atoms with Gasteiger partial charge in [-0.3, -0.25) is 14.9 Å². The lowest BCUT2D eigenvalue weighted by atomic mass is 10.1. The third-order valence-corrected chi connectivity index (χ3v) is 2.78. The molecule has 2 aromatic rings. The zero-order chi connectivity index (χ0) is 13.8. The Labute approximate surface area is 126 Å². The second kappa shape index (κ2) is 6.91. The first kappa shape index (κ1) is 16.0. The summed E-state index contributed by atoms with van der Waals surface area (Å²) < 4.78 is 1.77. The number of ketones is 1. The number of rotatable bonds is 4. The molecule has 0 radical (unpaired) electrons. The fourth-order valence-corrected chi connectivity index (χ4v) is 1.66. The average molecular weight is 338 g/mol. The van der Waals surface area contributed by atoms with Crippen LogP contribution in [0.4, 0.5) is 5.69 Å². The van der Waals surface area contributed by atoms with Crippen LogP contribution in [0.3, 0.4) is 0 Å². The van der Waals surface area contributed by atoms with E-state index in [4.69, 9.17) is 0 Å². The molecule has 1 aromatic heterocycles. The number of halogens is 1. The lowest BCUT2D eigenvalue weighted by molar-refractivity contribution is -0.683. The Bertz CT molecular complexity index is 609. The van der Waals surface area contributed by atoms with Crippen LogP contribution in [0.15, 0.2) is 48.8 Å². The number of pyridine rings is 1. The first-order valence-electron chi connectivity index (χ1n) is 5.79. The number of hydrogen-bond acceptors (Lipinski definition) is 3. The Morgan fingerprint density at radius 2 is 1.70 bits per heavy atom. The number of non-ortho nitro benzene ring substituents is 1. The molecule has 0 atom stereocenters. The molecule has 0 saturated carbocycles. The number of Topliss-reactive ketones (excluding diaryl/α,β-unsaturated/α-hetero) is 1. The molecule has 2 rings (SSSR count). The van der Waals surface area contributed by atoms with Crippen molar-refractivity contribution in [2.45, 2.75) is 13.5 Å². The van der Waals surface area contributed by atoms with Crippen LogP contribution in [0.1, 0.15) is 15.9 Å². The summed E-state index contributed by atoms with van der Waals surface area (Å²) in [5.74, 6) is -0.0799. The number of aryl methyl sites for hydroxylation is 1. The standard InChI is InChI=1S/C14H13N2O3.BrH/c1-11-6-8-15(9-7-11)10-14(17)12-2-4-13(5-3-12)16(18)19;/h2-9H,10H2,1H3;1H/q+1;. The topological polar surface area (TPSA) is 64.1 Å². The van der Waals surface area contributed by atoms with Crippen molar-refractivity contribution < 1.29 is 14.3 Å². The summed E-state index contributed by atoms with van der Waals surface area (Å²) in [4.78, 5) is 22.0. The van der Waals surface area contributed by atoms with Crippen LogP contribution in [0, 0.1) is 17.0 Å². The van der Waals surface area contributed by atoms with Crippen molar-refractivity contribution in [3.8, 4) is 0 Å². The lowest BCUT2D eigenvalue weighted by Crippen LogP contribution is -2.37. The summed E-state index contributed by atoms with van der Waals surface area (Å²) in [7, 11) is 0. The van der Waals surface area contributed by atoms with E-state index in [1.807, 2.05) is 31.5 Å². The van der Waals surface area contributed by atoms with Gasteiger partial charge in [-0.15, -0.1) is 17.0 Å². The zero-order valence-corrected chi connectivity index (χ0v) is 12.6. The van der Waals surface area contributed by atoms with Crippen molar-refractivity contribution in [2.24, 2.45) is 0 Å². The summed E-state index contributed by atoms with van der Waals surface area (Å²) in [5.41, 5.74) is 1.58. The molecule has 0 N–H and O–H groups in total. The smallest absolute Gasteiger partial charge is 0.269 e. The zero-order valence-electron chi connectivity index (χ0n) is 10.9. The van der Waals surface area contributed by atoms with E-state index in [2.05, 4.69) is 0 Å². The van der Waals surface area contributed by atoms with E-state index in [9.17, 15) is 14.9 Å². The number of carbonyl (C=O) groups is 1. The van der Waals surface area contributed by atoms with Gasteiger partial charge in [0.25, 0.3) is 5.69 Å². The van der Waals surface area contributed by atoms with Crippen molar-refractivity contribution in [3.05, 3.63) is 70.0 Å². The number of nitro benzene ring substituents is 1. The predicted octanol–water partition coefficient (Wildman–Crippen LogP) is 2.65. The van der Waals surface area contributed by atoms with Crippen molar-refractivity contribution in [1.82, 2.24) is 0 Å². The van der Waals surface area contributed by atoms with Crippen molar-refractivity contribution in [1.29, 1.82) is 0 Å². The molecule has 0 aliphatic heterocycles. The molecule has 0 unspecified atom stereocenters. The van der Waals surface area contributed by atoms with Gasteiger partial charge in [-0.1, -0.05) is 0 Å². The second-order valence-corrected chi connectivity index (χ2v) is 4.27. The maximum Gasteiger partial charge on any atom is 0.269 e. The average Bonchev–Trinajstić information content (AvgIpc) is 2.41. The Morgan fingerprint density at radius 1 is 1.15 bits per heavy atom. The van der Waals surface area contributed by atoms with Crippen LogP contribution in [0.25, 0.3) is 0 Å². The van der Waals surface area contributed by atoms with Crippen LogP contribution >= 0.6 is 17.0 Å². The van der Waals surface area contributed by atoms with Gasteiger partial charge in [0.15, 0.2) is 12.4 Å². The SMILES string of the molecule is Br.Cc1cc[n+](CC(=O)c2ccc([N+](=O)[O-])cc2)cc1. The van der Waals surface area contributed by atoms with Crippen LogP contribution in [0.2, 0.25) is 0 Å². The lowest BCUT2D eigenvalue weighted by Gasteiger charge is -1.98. The van der Waals surface area contributed by atoms with Crippen LogP contribution in [-0.4, -0.2) is 10.7 Å². The minimum atomic E-state index is -0.483. The maximum atomic E-state index is 12.0. The minimum Gasteiger partial charge on any atom is -0.287 e. The quantitative estimate of drug-likeness (QED) is 0.373. The van der Waals surface area contributed by atoms with Gasteiger partial charge in [-0.25, -0.2) is 0 Å². The third kappa shape index (κ3) is 3.96. The molecule has 0 amide bonds. The number of nitro groups is 1. The van der Waals surface area contributed by atoms with Gasteiger partial charge < -0.3 is 0 Å². The Hall–Kier alpha value is -2.08. The van der Waals surface area contributed by atoms with Crippen LogP contribution in [0.5, 0.6) is 0 Å². The molecule has 20 heavy (non-hydrogen) atoms. The molecule has 0 saturated heterocycles. The molecule has 0 spiro atoms. The van der Waals surface area contributed by atoms with E-state index in [0.717, 1.165) is 5.56 Å². The van der Waals surface area contributed by atoms with Crippen LogP contribution in [-0.2, 0) is 6.54 Å². The van der Waals surface area contributed by atoms with E-state index in [1.54, 1.807) is 4.57 Å². The van der Waals surface area contributed by atoms with E-state index in [-0.39, 0.29) is 35.0 Å². The molecule has 5 nitrogen and oxygen atoms in total. The molecular weight excluding hydrogens is 324 g/mol. The normalized spacial score (nSPS) is 9.65. The Morgan fingerprint density at radius 3 is 2.20 bits per heavy atom. The second-order valence-electron chi connectivity index (χ2n) is 4.27. The molecule has 104 valence electrons. The summed E-state index contributed by atoms with van der Waals surface area (Å²) >= 11 is 0. The van der Waals surface area contributed by atoms with Gasteiger partial charge in [0.2, 0.25) is 12.3 Å². The monoisotopic (exact) mass is 337 g/mol. The maximum absolute atomic E-state index is 12.0. The third-order valence-electron chi connectivity index (χ3n) is 2.78. The summed E-state index contributed by atoms with van der Waals surface area (Å²) in [6, 6.07) is 9.48. The summed E-state index contributed by atoms with van der Waals surface area (Å²) in [5, 5.41) is 10.5. The van der Waals surface area contributed by atoms with E-state index >= 15 is 0 Å². The molecule has 0 aliphatic rings. The number of hydrogen-bond donors (Lipinski definition) is 0. The van der Waals surface area contributed by atoms with E-state index in [1.165, 1.54) is 24.3 Å². The minimum absolute atomic E-state index is 0. The Balaban J connectivity index is 0.00000200. The van der Waals surface area contributed by atoms with Gasteiger partial charge in [0, 0.05) is 29.8 Å². The van der Waals surface area contributed by atoms with Gasteiger partial charge in [-0.2, -0.15) is 4.57 Å². The van der Waals surface area contributed by atoms with Gasteiger partial charge in [0.05, 0.1) is 4.92 Å². The summed E-state index contributed by atoms with van der Waals surface area (Å²) in [6.07, 6.45) is 3.66. The molecule has 0 aliphatic carbocycles. The van der Waals surface area contributed by atoms with Crippen molar-refractivity contribution >= 4 is 28.5 Å². The summed E-state index contributed by atoms with van der Waals surface area (Å²) in [6.45, 7) is 2.20. The molecule has 0 fully saturated rings. The first-order valence-corrected chi connectivity index (χ1v) is 5.79. The molecular formula is C14H14BrN2O3+. The highest BCUT2D eigenvalue weighted by molar-refractivity contribution is 8.93. The number of carbonyl (C=O) groups excluding carboxylic acids is 1. The first-order chi connectivity index (χ1) is 9.06. The van der Waals surface area contributed by atoms with Crippen LogP contribution < -0.4 is 4.57 Å². The Kier molecular flexibility index (Phi) is 5.52.